The third-order valence-electron chi connectivity index (χ3n) is 3.21. The summed E-state index contributed by atoms with van der Waals surface area (Å²) in [4.78, 5) is 2.57. The zero-order valence-corrected chi connectivity index (χ0v) is 10.00. The summed E-state index contributed by atoms with van der Waals surface area (Å²) in [6.07, 6.45) is 3.99. The van der Waals surface area contributed by atoms with Crippen molar-refractivity contribution in [1.82, 2.24) is 4.90 Å². The molecular formula is C12H26N2. The molecule has 0 aromatic carbocycles. The number of nitrogens with zero attached hydrogens (tertiary/aromatic N) is 1. The summed E-state index contributed by atoms with van der Waals surface area (Å²) in [6, 6.07) is 0.642. The first-order valence-electron chi connectivity index (χ1n) is 6.11. The van der Waals surface area contributed by atoms with Gasteiger partial charge in [0, 0.05) is 25.7 Å². The molecule has 1 fully saturated rings. The molecule has 2 nitrogen and oxygen atoms in total. The van der Waals surface area contributed by atoms with Crippen molar-refractivity contribution in [3.63, 3.8) is 0 Å². The van der Waals surface area contributed by atoms with E-state index in [2.05, 4.69) is 25.7 Å². The van der Waals surface area contributed by atoms with E-state index in [1.54, 1.807) is 0 Å². The molecule has 1 atom stereocenters. The third-order valence-corrected chi connectivity index (χ3v) is 3.21. The summed E-state index contributed by atoms with van der Waals surface area (Å²) in [7, 11) is 0. The maximum atomic E-state index is 5.81. The molecule has 2 heteroatoms. The van der Waals surface area contributed by atoms with E-state index >= 15 is 0 Å². The van der Waals surface area contributed by atoms with Crippen molar-refractivity contribution in [2.75, 3.05) is 19.6 Å². The largest absolute Gasteiger partial charge is 0.329 e. The molecule has 84 valence electrons. The first kappa shape index (κ1) is 12.0. The first-order valence-corrected chi connectivity index (χ1v) is 6.11. The number of likely N-dealkylation sites (tertiary alicyclic amines) is 1. The highest BCUT2D eigenvalue weighted by Crippen LogP contribution is 2.24. The van der Waals surface area contributed by atoms with Gasteiger partial charge in [-0.3, -0.25) is 4.90 Å². The Hall–Kier alpha value is -0.0800. The summed E-state index contributed by atoms with van der Waals surface area (Å²) >= 11 is 0. The molecule has 1 rings (SSSR count). The van der Waals surface area contributed by atoms with Crippen molar-refractivity contribution in [2.45, 2.75) is 46.1 Å². The quantitative estimate of drug-likeness (QED) is 0.708. The minimum atomic E-state index is 0.642. The Labute approximate surface area is 88.8 Å². The molecule has 2 N–H and O–H groups in total. The van der Waals surface area contributed by atoms with Crippen molar-refractivity contribution in [1.29, 1.82) is 0 Å². The fourth-order valence-electron chi connectivity index (χ4n) is 2.44. The fraction of sp³-hybridized carbons (Fsp3) is 1.00. The van der Waals surface area contributed by atoms with Crippen LogP contribution >= 0.6 is 0 Å². The van der Waals surface area contributed by atoms with Crippen LogP contribution in [0.25, 0.3) is 0 Å². The predicted molar refractivity (Wildman–Crippen MR) is 62.3 cm³/mol. The van der Waals surface area contributed by atoms with Crippen LogP contribution in [0.5, 0.6) is 0 Å². The molecule has 0 bridgehead atoms. The second-order valence-corrected chi connectivity index (χ2v) is 5.13. The van der Waals surface area contributed by atoms with Gasteiger partial charge in [-0.1, -0.05) is 27.2 Å². The van der Waals surface area contributed by atoms with Crippen LogP contribution in [0.3, 0.4) is 0 Å². The number of rotatable bonds is 6. The zero-order valence-electron chi connectivity index (χ0n) is 10.00. The molecule has 14 heavy (non-hydrogen) atoms. The van der Waals surface area contributed by atoms with Crippen LogP contribution < -0.4 is 5.73 Å². The maximum Gasteiger partial charge on any atom is 0.0221 e. The normalized spacial score (nSPS) is 21.2. The molecule has 0 radical (unpaired) electrons. The summed E-state index contributed by atoms with van der Waals surface area (Å²) in [5.74, 6) is 1.73. The Bertz CT molecular complexity index is 150. The summed E-state index contributed by atoms with van der Waals surface area (Å²) < 4.78 is 0. The lowest BCUT2D eigenvalue weighted by atomic mass is 9.91. The van der Waals surface area contributed by atoms with Gasteiger partial charge in [-0.25, -0.2) is 0 Å². The predicted octanol–water partition coefficient (Wildman–Crippen LogP) is 2.09. The van der Waals surface area contributed by atoms with Gasteiger partial charge in [0.25, 0.3) is 0 Å². The highest BCUT2D eigenvalue weighted by Gasteiger charge is 2.30. The minimum Gasteiger partial charge on any atom is -0.329 e. The molecule has 1 heterocycles. The van der Waals surface area contributed by atoms with Crippen molar-refractivity contribution >= 4 is 0 Å². The van der Waals surface area contributed by atoms with Gasteiger partial charge in [0.2, 0.25) is 0 Å². The van der Waals surface area contributed by atoms with E-state index in [1.165, 1.54) is 32.4 Å². The third kappa shape index (κ3) is 3.25. The van der Waals surface area contributed by atoms with Crippen LogP contribution in [0.1, 0.15) is 40.0 Å². The number of nitrogens with two attached hydrogens (primary N) is 1. The van der Waals surface area contributed by atoms with Gasteiger partial charge in [0.15, 0.2) is 0 Å². The smallest absolute Gasteiger partial charge is 0.0221 e. The van der Waals surface area contributed by atoms with Crippen molar-refractivity contribution < 1.29 is 0 Å². The molecule has 0 amide bonds. The summed E-state index contributed by atoms with van der Waals surface area (Å²) in [5.41, 5.74) is 5.81. The van der Waals surface area contributed by atoms with Crippen molar-refractivity contribution in [3.05, 3.63) is 0 Å². The molecule has 0 aromatic rings. The van der Waals surface area contributed by atoms with Crippen LogP contribution in [0.4, 0.5) is 0 Å². The first-order chi connectivity index (χ1) is 6.67. The standard InChI is InChI=1S/C12H26N2/c1-4-5-11-8-14(9-11)12(7-13)6-10(2)3/h10-12H,4-9,13H2,1-3H3. The molecule has 0 aliphatic carbocycles. The Morgan fingerprint density at radius 2 is 2.00 bits per heavy atom. The average Bonchev–Trinajstić information content (AvgIpc) is 2.07. The van der Waals surface area contributed by atoms with Crippen LogP contribution in [-0.4, -0.2) is 30.6 Å². The highest BCUT2D eigenvalue weighted by atomic mass is 15.2. The molecule has 1 aliphatic rings. The van der Waals surface area contributed by atoms with E-state index in [-0.39, 0.29) is 0 Å². The Balaban J connectivity index is 2.21. The summed E-state index contributed by atoms with van der Waals surface area (Å²) in [5, 5.41) is 0. The van der Waals surface area contributed by atoms with Crippen LogP contribution in [0.15, 0.2) is 0 Å². The summed E-state index contributed by atoms with van der Waals surface area (Å²) in [6.45, 7) is 10.3. The Morgan fingerprint density at radius 1 is 1.36 bits per heavy atom. The van der Waals surface area contributed by atoms with Crippen LogP contribution in [-0.2, 0) is 0 Å². The van der Waals surface area contributed by atoms with E-state index < -0.39 is 0 Å². The number of hydrogen-bond acceptors (Lipinski definition) is 2. The Morgan fingerprint density at radius 3 is 2.43 bits per heavy atom. The SMILES string of the molecule is CCCC1CN(C(CN)CC(C)C)C1. The Kier molecular flexibility index (Phi) is 4.90. The lowest BCUT2D eigenvalue weighted by Gasteiger charge is -2.44. The van der Waals surface area contributed by atoms with Gasteiger partial charge < -0.3 is 5.73 Å². The lowest BCUT2D eigenvalue weighted by molar-refractivity contribution is 0.0420. The average molecular weight is 198 g/mol. The second-order valence-electron chi connectivity index (χ2n) is 5.13. The highest BCUT2D eigenvalue weighted by molar-refractivity contribution is 4.86. The van der Waals surface area contributed by atoms with E-state index in [9.17, 15) is 0 Å². The topological polar surface area (TPSA) is 29.3 Å². The van der Waals surface area contributed by atoms with E-state index in [1.807, 2.05) is 0 Å². The molecule has 0 saturated carbocycles. The van der Waals surface area contributed by atoms with Gasteiger partial charge in [-0.15, -0.1) is 0 Å². The van der Waals surface area contributed by atoms with Crippen molar-refractivity contribution in [3.8, 4) is 0 Å². The van der Waals surface area contributed by atoms with E-state index in [0.29, 0.717) is 6.04 Å². The van der Waals surface area contributed by atoms with Crippen LogP contribution in [0.2, 0.25) is 0 Å². The van der Waals surface area contributed by atoms with Crippen LogP contribution in [0, 0.1) is 11.8 Å². The van der Waals surface area contributed by atoms with Crippen molar-refractivity contribution in [2.24, 2.45) is 17.6 Å². The van der Waals surface area contributed by atoms with Gasteiger partial charge in [0.05, 0.1) is 0 Å². The molecular weight excluding hydrogens is 172 g/mol. The van der Waals surface area contributed by atoms with E-state index in [4.69, 9.17) is 5.73 Å². The van der Waals surface area contributed by atoms with Gasteiger partial charge >= 0.3 is 0 Å². The number of hydrogen-bond donors (Lipinski definition) is 1. The maximum absolute atomic E-state index is 5.81. The fourth-order valence-corrected chi connectivity index (χ4v) is 2.44. The molecule has 1 aliphatic heterocycles. The zero-order chi connectivity index (χ0) is 10.6. The van der Waals surface area contributed by atoms with Gasteiger partial charge in [-0.2, -0.15) is 0 Å². The van der Waals surface area contributed by atoms with Gasteiger partial charge in [-0.05, 0) is 24.7 Å². The van der Waals surface area contributed by atoms with E-state index in [0.717, 1.165) is 18.4 Å². The second kappa shape index (κ2) is 5.72. The lowest BCUT2D eigenvalue weighted by Crippen LogP contribution is -2.54. The monoisotopic (exact) mass is 198 g/mol. The molecule has 1 saturated heterocycles. The van der Waals surface area contributed by atoms with Gasteiger partial charge in [0.1, 0.15) is 0 Å². The molecule has 1 unspecified atom stereocenters. The minimum absolute atomic E-state index is 0.642. The molecule has 0 spiro atoms. The molecule has 0 aromatic heterocycles.